The minimum Gasteiger partial charge on any atom is -0.493 e. The lowest BCUT2D eigenvalue weighted by molar-refractivity contribution is -0.114. The van der Waals surface area contributed by atoms with E-state index in [9.17, 15) is 4.79 Å². The minimum atomic E-state index is -0.204. The van der Waals surface area contributed by atoms with Crippen molar-refractivity contribution >= 4 is 24.0 Å². The van der Waals surface area contributed by atoms with Gasteiger partial charge in [0, 0.05) is 25.0 Å². The summed E-state index contributed by atoms with van der Waals surface area (Å²) in [6.45, 7) is 4.30. The van der Waals surface area contributed by atoms with Crippen LogP contribution in [0.4, 0.5) is 5.69 Å². The van der Waals surface area contributed by atoms with Gasteiger partial charge in [-0.15, -0.1) is 12.4 Å². The predicted molar refractivity (Wildman–Crippen MR) is 85.1 cm³/mol. The highest BCUT2D eigenvalue weighted by molar-refractivity contribution is 5.92. The average molecular weight is 315 g/mol. The molecule has 0 atom stereocenters. The van der Waals surface area contributed by atoms with Crippen LogP contribution in [-0.4, -0.2) is 32.3 Å². The maximum Gasteiger partial charge on any atom is 0.238 e. The third kappa shape index (κ3) is 5.53. The van der Waals surface area contributed by atoms with Crippen molar-refractivity contribution in [3.05, 3.63) is 23.8 Å². The molecule has 0 radical (unpaired) electrons. The monoisotopic (exact) mass is 314 g/mol. The Morgan fingerprint density at radius 2 is 2.14 bits per heavy atom. The maximum absolute atomic E-state index is 11.3. The highest BCUT2D eigenvalue weighted by atomic mass is 35.5. The molecular formula is C15H23ClN2O3. The standard InChI is InChI=1S/C15H22N2O3.ClH/c1-11-2-3-13(17-15(18)9-16)8-14(11)20-10-12-4-6-19-7-5-12;/h2-3,8,12H,4-7,9-10,16H2,1H3,(H,17,18);1H. The number of halogens is 1. The van der Waals surface area contributed by atoms with Crippen LogP contribution < -0.4 is 15.8 Å². The van der Waals surface area contributed by atoms with Gasteiger partial charge in [-0.25, -0.2) is 0 Å². The smallest absolute Gasteiger partial charge is 0.238 e. The van der Waals surface area contributed by atoms with E-state index < -0.39 is 0 Å². The van der Waals surface area contributed by atoms with E-state index in [-0.39, 0.29) is 24.9 Å². The number of aryl methyl sites for hydroxylation is 1. The van der Waals surface area contributed by atoms with Crippen molar-refractivity contribution in [3.8, 4) is 5.75 Å². The molecule has 0 saturated carbocycles. The normalized spacial score (nSPS) is 15.1. The second-order valence-electron chi connectivity index (χ2n) is 5.10. The number of hydrogen-bond donors (Lipinski definition) is 2. The number of amides is 1. The van der Waals surface area contributed by atoms with Crippen molar-refractivity contribution in [2.24, 2.45) is 11.7 Å². The number of ether oxygens (including phenoxy) is 2. The fourth-order valence-corrected chi connectivity index (χ4v) is 2.17. The molecule has 0 bridgehead atoms. The molecule has 6 heteroatoms. The number of anilines is 1. The van der Waals surface area contributed by atoms with E-state index in [0.717, 1.165) is 37.4 Å². The molecule has 118 valence electrons. The molecule has 0 spiro atoms. The van der Waals surface area contributed by atoms with Crippen molar-refractivity contribution in [3.63, 3.8) is 0 Å². The summed E-state index contributed by atoms with van der Waals surface area (Å²) >= 11 is 0. The first-order valence-electron chi connectivity index (χ1n) is 7.00. The van der Waals surface area contributed by atoms with E-state index in [1.54, 1.807) is 0 Å². The lowest BCUT2D eigenvalue weighted by Gasteiger charge is -2.22. The van der Waals surface area contributed by atoms with Gasteiger partial charge in [0.15, 0.2) is 0 Å². The second kappa shape index (κ2) is 8.87. The Labute approximate surface area is 131 Å². The highest BCUT2D eigenvalue weighted by Crippen LogP contribution is 2.24. The topological polar surface area (TPSA) is 73.6 Å². The predicted octanol–water partition coefficient (Wildman–Crippen LogP) is 2.12. The Hall–Kier alpha value is -1.30. The van der Waals surface area contributed by atoms with Crippen LogP contribution in [0.5, 0.6) is 5.75 Å². The number of rotatable bonds is 5. The van der Waals surface area contributed by atoms with Crippen molar-refractivity contribution in [2.75, 3.05) is 31.7 Å². The van der Waals surface area contributed by atoms with Gasteiger partial charge >= 0.3 is 0 Å². The number of carbonyl (C=O) groups is 1. The lowest BCUT2D eigenvalue weighted by atomic mass is 10.0. The van der Waals surface area contributed by atoms with Crippen molar-refractivity contribution < 1.29 is 14.3 Å². The number of nitrogens with one attached hydrogen (secondary N) is 1. The van der Waals surface area contributed by atoms with Crippen molar-refractivity contribution in [1.29, 1.82) is 0 Å². The third-order valence-corrected chi connectivity index (χ3v) is 3.47. The van der Waals surface area contributed by atoms with Gasteiger partial charge in [0.05, 0.1) is 13.2 Å². The van der Waals surface area contributed by atoms with Crippen molar-refractivity contribution in [2.45, 2.75) is 19.8 Å². The van der Waals surface area contributed by atoms with Gasteiger partial charge in [0.2, 0.25) is 5.91 Å². The molecule has 1 saturated heterocycles. The van der Waals surface area contributed by atoms with Gasteiger partial charge in [-0.05, 0) is 37.3 Å². The van der Waals surface area contributed by atoms with E-state index in [4.69, 9.17) is 15.2 Å². The van der Waals surface area contributed by atoms with Crippen LogP contribution in [0.2, 0.25) is 0 Å². The van der Waals surface area contributed by atoms with Crippen LogP contribution in [0.1, 0.15) is 18.4 Å². The first kappa shape index (κ1) is 17.8. The summed E-state index contributed by atoms with van der Waals surface area (Å²) in [5.41, 5.74) is 7.06. The lowest BCUT2D eigenvalue weighted by Crippen LogP contribution is -2.22. The minimum absolute atomic E-state index is 0. The Kier molecular flexibility index (Phi) is 7.50. The third-order valence-electron chi connectivity index (χ3n) is 3.47. The SMILES string of the molecule is Cc1ccc(NC(=O)CN)cc1OCC1CCOCC1.Cl. The van der Waals surface area contributed by atoms with E-state index in [0.29, 0.717) is 18.2 Å². The van der Waals surface area contributed by atoms with Gasteiger partial charge in [-0.1, -0.05) is 6.07 Å². The second-order valence-corrected chi connectivity index (χ2v) is 5.10. The molecule has 0 aliphatic carbocycles. The summed E-state index contributed by atoms with van der Waals surface area (Å²) in [4.78, 5) is 11.3. The van der Waals surface area contributed by atoms with Crippen molar-refractivity contribution in [1.82, 2.24) is 0 Å². The zero-order valence-electron chi connectivity index (χ0n) is 12.3. The molecule has 1 aromatic carbocycles. The molecule has 1 aliphatic rings. The summed E-state index contributed by atoms with van der Waals surface area (Å²) in [6.07, 6.45) is 2.09. The van der Waals surface area contributed by atoms with Crippen LogP contribution in [0.3, 0.4) is 0 Å². The van der Waals surface area contributed by atoms with E-state index in [1.165, 1.54) is 0 Å². The Morgan fingerprint density at radius 3 is 2.81 bits per heavy atom. The molecular weight excluding hydrogens is 292 g/mol. The Morgan fingerprint density at radius 1 is 1.43 bits per heavy atom. The van der Waals surface area contributed by atoms with Crippen LogP contribution in [0.15, 0.2) is 18.2 Å². The van der Waals surface area contributed by atoms with Crippen LogP contribution in [0, 0.1) is 12.8 Å². The summed E-state index contributed by atoms with van der Waals surface area (Å²) in [5, 5.41) is 2.73. The van der Waals surface area contributed by atoms with Crippen LogP contribution >= 0.6 is 12.4 Å². The average Bonchev–Trinajstić information content (AvgIpc) is 2.48. The summed E-state index contributed by atoms with van der Waals surface area (Å²) in [7, 11) is 0. The molecule has 1 aliphatic heterocycles. The Balaban J connectivity index is 0.00000220. The zero-order chi connectivity index (χ0) is 14.4. The largest absolute Gasteiger partial charge is 0.493 e. The summed E-state index contributed by atoms with van der Waals surface area (Å²) < 4.78 is 11.2. The van der Waals surface area contributed by atoms with Gasteiger partial charge in [-0.3, -0.25) is 4.79 Å². The number of hydrogen-bond acceptors (Lipinski definition) is 4. The van der Waals surface area contributed by atoms with Gasteiger partial charge in [0.1, 0.15) is 5.75 Å². The highest BCUT2D eigenvalue weighted by Gasteiger charge is 2.15. The molecule has 0 unspecified atom stereocenters. The number of benzene rings is 1. The Bertz CT molecular complexity index is 462. The molecule has 1 amide bonds. The van der Waals surface area contributed by atoms with E-state index in [1.807, 2.05) is 25.1 Å². The molecule has 1 fully saturated rings. The fraction of sp³-hybridized carbons (Fsp3) is 0.533. The quantitative estimate of drug-likeness (QED) is 0.873. The van der Waals surface area contributed by atoms with E-state index in [2.05, 4.69) is 5.32 Å². The van der Waals surface area contributed by atoms with Crippen LogP contribution in [-0.2, 0) is 9.53 Å². The summed E-state index contributed by atoms with van der Waals surface area (Å²) in [6, 6.07) is 5.64. The number of nitrogens with two attached hydrogens (primary N) is 1. The molecule has 21 heavy (non-hydrogen) atoms. The fourth-order valence-electron chi connectivity index (χ4n) is 2.17. The number of carbonyl (C=O) groups excluding carboxylic acids is 1. The molecule has 5 nitrogen and oxygen atoms in total. The first-order chi connectivity index (χ1) is 9.69. The molecule has 3 N–H and O–H groups in total. The van der Waals surface area contributed by atoms with Gasteiger partial charge in [0.25, 0.3) is 0 Å². The molecule has 0 aromatic heterocycles. The van der Waals surface area contributed by atoms with Crippen LogP contribution in [0.25, 0.3) is 0 Å². The molecule has 1 heterocycles. The maximum atomic E-state index is 11.3. The van der Waals surface area contributed by atoms with Gasteiger partial charge < -0.3 is 20.5 Å². The molecule has 1 aromatic rings. The van der Waals surface area contributed by atoms with E-state index >= 15 is 0 Å². The first-order valence-corrected chi connectivity index (χ1v) is 7.00. The molecule has 2 rings (SSSR count). The summed E-state index contributed by atoms with van der Waals surface area (Å²) in [5.74, 6) is 1.15. The zero-order valence-corrected chi connectivity index (χ0v) is 13.1. The van der Waals surface area contributed by atoms with Gasteiger partial charge in [-0.2, -0.15) is 0 Å².